The van der Waals surface area contributed by atoms with Crippen LogP contribution in [0.4, 0.5) is 0 Å². The van der Waals surface area contributed by atoms with E-state index < -0.39 is 43.8 Å². The molecule has 25 heavy (non-hydrogen) atoms. The van der Waals surface area contributed by atoms with Gasteiger partial charge < -0.3 is 23.9 Å². The molecule has 1 saturated heterocycles. The minimum Gasteiger partial charge on any atom is -0.348 e. The van der Waals surface area contributed by atoms with Crippen molar-refractivity contribution >= 4 is 25.9 Å². The van der Waals surface area contributed by atoms with Gasteiger partial charge in [0, 0.05) is 30.7 Å². The van der Waals surface area contributed by atoms with E-state index in [1.165, 1.54) is 19.8 Å². The van der Waals surface area contributed by atoms with E-state index in [2.05, 4.69) is 4.98 Å². The van der Waals surface area contributed by atoms with Gasteiger partial charge in [-0.05, 0) is 24.8 Å². The van der Waals surface area contributed by atoms with Crippen LogP contribution in [0, 0.1) is 6.92 Å². The van der Waals surface area contributed by atoms with Crippen LogP contribution in [0.2, 0.25) is 0 Å². The summed E-state index contributed by atoms with van der Waals surface area (Å²) in [7, 11) is -4.37. The molecule has 0 spiro atoms. The van der Waals surface area contributed by atoms with Gasteiger partial charge in [-0.1, -0.05) is 0 Å². The van der Waals surface area contributed by atoms with Crippen molar-refractivity contribution in [2.75, 3.05) is 6.66 Å². The SMILES string of the molecule is Cc1cn([C@@H]2O[C@H](/C=C/P(=O)(O)O)C[C@H]2OP(C)(O)=S)c(=O)[nH]c1=O. The number of nitrogens with zero attached hydrogens (tertiary/aromatic N) is 1. The van der Waals surface area contributed by atoms with Crippen molar-refractivity contribution in [1.29, 1.82) is 0 Å². The molecular formula is C12H18N2O8P2S. The molecule has 4 atom stereocenters. The first-order valence-corrected chi connectivity index (χ1v) is 11.9. The Morgan fingerprint density at radius 3 is 2.64 bits per heavy atom. The average Bonchev–Trinajstić information content (AvgIpc) is 2.80. The van der Waals surface area contributed by atoms with Gasteiger partial charge in [0.1, 0.15) is 6.10 Å². The van der Waals surface area contributed by atoms with Crippen molar-refractivity contribution in [3.63, 3.8) is 0 Å². The number of ether oxygens (including phenoxy) is 1. The quantitative estimate of drug-likeness (QED) is 0.495. The minimum absolute atomic E-state index is 0.110. The summed E-state index contributed by atoms with van der Waals surface area (Å²) >= 11 is 4.87. The van der Waals surface area contributed by atoms with Crippen molar-refractivity contribution < 1.29 is 28.5 Å². The summed E-state index contributed by atoms with van der Waals surface area (Å²) < 4.78 is 23.1. The molecule has 1 aliphatic heterocycles. The monoisotopic (exact) mass is 412 g/mol. The van der Waals surface area contributed by atoms with Crippen molar-refractivity contribution in [3.05, 3.63) is 44.5 Å². The molecule has 13 heteroatoms. The van der Waals surface area contributed by atoms with Crippen molar-refractivity contribution in [2.24, 2.45) is 0 Å². The van der Waals surface area contributed by atoms with Gasteiger partial charge in [0.15, 0.2) is 12.7 Å². The highest BCUT2D eigenvalue weighted by molar-refractivity contribution is 8.09. The molecule has 0 amide bonds. The van der Waals surface area contributed by atoms with E-state index in [1.54, 1.807) is 0 Å². The van der Waals surface area contributed by atoms with Crippen LogP contribution in [0.15, 0.2) is 27.7 Å². The Bertz CT molecular complexity index is 882. The van der Waals surface area contributed by atoms with Gasteiger partial charge >= 0.3 is 13.3 Å². The third kappa shape index (κ3) is 5.80. The van der Waals surface area contributed by atoms with Crippen molar-refractivity contribution in [2.45, 2.75) is 31.8 Å². The molecular weight excluding hydrogens is 394 g/mol. The highest BCUT2D eigenvalue weighted by atomic mass is 32.5. The highest BCUT2D eigenvalue weighted by Gasteiger charge is 2.39. The zero-order chi connectivity index (χ0) is 19.0. The molecule has 1 aromatic heterocycles. The van der Waals surface area contributed by atoms with E-state index in [0.717, 1.165) is 10.6 Å². The molecule has 0 radical (unpaired) electrons. The zero-order valence-electron chi connectivity index (χ0n) is 13.3. The minimum atomic E-state index is -4.37. The van der Waals surface area contributed by atoms with Gasteiger partial charge in [-0.2, -0.15) is 0 Å². The lowest BCUT2D eigenvalue weighted by molar-refractivity contribution is -0.0199. The van der Waals surface area contributed by atoms with Gasteiger partial charge in [-0.25, -0.2) is 4.79 Å². The van der Waals surface area contributed by atoms with Gasteiger partial charge in [0.25, 0.3) is 5.56 Å². The molecule has 0 saturated carbocycles. The summed E-state index contributed by atoms with van der Waals surface area (Å²) in [4.78, 5) is 53.3. The fraction of sp³-hybridized carbons (Fsp3) is 0.500. The molecule has 140 valence electrons. The van der Waals surface area contributed by atoms with Crippen LogP contribution in [0.3, 0.4) is 0 Å². The van der Waals surface area contributed by atoms with E-state index in [4.69, 9.17) is 30.9 Å². The number of rotatable bonds is 5. The second-order valence-corrected chi connectivity index (χ2v) is 11.0. The predicted molar refractivity (Wildman–Crippen MR) is 93.1 cm³/mol. The van der Waals surface area contributed by atoms with E-state index in [1.807, 2.05) is 0 Å². The van der Waals surface area contributed by atoms with E-state index in [0.29, 0.717) is 5.82 Å². The molecule has 1 fully saturated rings. The number of aromatic nitrogens is 2. The predicted octanol–water partition coefficient (Wildman–Crippen LogP) is 0.141. The third-order valence-electron chi connectivity index (χ3n) is 3.34. The normalized spacial score (nSPS) is 26.8. The molecule has 2 heterocycles. The maximum Gasteiger partial charge on any atom is 0.348 e. The van der Waals surface area contributed by atoms with Crippen LogP contribution < -0.4 is 11.2 Å². The standard InChI is InChI=1S/C12H18N2O8P2S/c1-7-6-14(12(16)13-10(7)15)11-9(22-23(2,17)25)5-8(21-11)3-4-24(18,19)20/h3-4,6,8-9,11H,5H2,1-2H3,(H,17,25)(H,13,15,16)(H2,18,19,20)/b4-3+/t8-,9-,11-,23?/m1/s1. The van der Waals surface area contributed by atoms with E-state index in [-0.39, 0.29) is 12.0 Å². The fourth-order valence-electron chi connectivity index (χ4n) is 2.37. The number of H-pyrrole nitrogens is 1. The Balaban J connectivity index is 2.38. The first-order chi connectivity index (χ1) is 11.4. The Labute approximate surface area is 147 Å². The van der Waals surface area contributed by atoms with Gasteiger partial charge in [-0.15, -0.1) is 0 Å². The molecule has 0 aromatic carbocycles. The number of hydrogen-bond acceptors (Lipinski definition) is 6. The Kier molecular flexibility index (Phi) is 6.03. The van der Waals surface area contributed by atoms with Gasteiger partial charge in [0.2, 0.25) is 0 Å². The second-order valence-electron chi connectivity index (χ2n) is 5.66. The molecule has 2 rings (SSSR count). The maximum absolute atomic E-state index is 12.1. The lowest BCUT2D eigenvalue weighted by Crippen LogP contribution is -2.36. The Morgan fingerprint density at radius 1 is 1.44 bits per heavy atom. The van der Waals surface area contributed by atoms with Gasteiger partial charge in [-0.3, -0.25) is 18.9 Å². The molecule has 10 nitrogen and oxygen atoms in total. The third-order valence-corrected chi connectivity index (χ3v) is 4.82. The number of hydrogen-bond donors (Lipinski definition) is 4. The number of aromatic amines is 1. The van der Waals surface area contributed by atoms with Crippen LogP contribution in [-0.4, -0.2) is 43.1 Å². The molecule has 0 aliphatic carbocycles. The first-order valence-electron chi connectivity index (χ1n) is 7.06. The number of aryl methyl sites for hydroxylation is 1. The average molecular weight is 412 g/mol. The van der Waals surface area contributed by atoms with E-state index in [9.17, 15) is 19.0 Å². The van der Waals surface area contributed by atoms with Crippen LogP contribution in [0.1, 0.15) is 18.2 Å². The maximum atomic E-state index is 12.1. The number of nitrogens with one attached hydrogen (secondary N) is 1. The second kappa shape index (κ2) is 7.38. The molecule has 0 bridgehead atoms. The Morgan fingerprint density at radius 2 is 2.08 bits per heavy atom. The van der Waals surface area contributed by atoms with Gasteiger partial charge in [0.05, 0.1) is 6.10 Å². The first kappa shape index (κ1) is 20.4. The van der Waals surface area contributed by atoms with Crippen LogP contribution in [0.25, 0.3) is 0 Å². The van der Waals surface area contributed by atoms with Crippen molar-refractivity contribution in [1.82, 2.24) is 9.55 Å². The largest absolute Gasteiger partial charge is 0.348 e. The summed E-state index contributed by atoms with van der Waals surface area (Å²) in [5, 5.41) is 0. The lowest BCUT2D eigenvalue weighted by atomic mass is 10.2. The van der Waals surface area contributed by atoms with Crippen LogP contribution in [0.5, 0.6) is 0 Å². The summed E-state index contributed by atoms with van der Waals surface area (Å²) in [6, 6.07) is 0. The Hall–Kier alpha value is -0.900. The summed E-state index contributed by atoms with van der Waals surface area (Å²) in [5.41, 5.74) is -1.02. The lowest BCUT2D eigenvalue weighted by Gasteiger charge is -2.23. The summed E-state index contributed by atoms with van der Waals surface area (Å²) in [6.45, 7) is -0.265. The molecule has 1 aliphatic rings. The van der Waals surface area contributed by atoms with Crippen molar-refractivity contribution in [3.8, 4) is 0 Å². The zero-order valence-corrected chi connectivity index (χ0v) is 15.9. The molecule has 1 aromatic rings. The molecule has 1 unspecified atom stereocenters. The molecule has 4 N–H and O–H groups in total. The van der Waals surface area contributed by atoms with Crippen LogP contribution >= 0.6 is 14.1 Å². The summed E-state index contributed by atoms with van der Waals surface area (Å²) in [6.07, 6.45) is -0.0775. The fourth-order valence-corrected chi connectivity index (χ4v) is 3.81. The van der Waals surface area contributed by atoms with E-state index >= 15 is 0 Å². The highest BCUT2D eigenvalue weighted by Crippen LogP contribution is 2.45. The van der Waals surface area contributed by atoms with Crippen LogP contribution in [-0.2, 0) is 25.6 Å². The topological polar surface area (TPSA) is 151 Å². The summed E-state index contributed by atoms with van der Waals surface area (Å²) in [5.74, 6) is 0.693. The smallest absolute Gasteiger partial charge is 0.348 e.